The van der Waals surface area contributed by atoms with E-state index in [0.717, 1.165) is 37.1 Å². The summed E-state index contributed by atoms with van der Waals surface area (Å²) in [7, 11) is -0.912. The Morgan fingerprint density at radius 3 is 2.35 bits per heavy atom. The molecule has 6 heteroatoms. The maximum absolute atomic E-state index is 15.4. The summed E-state index contributed by atoms with van der Waals surface area (Å²) in [5.41, 5.74) is 0.431. The first-order valence-electron chi connectivity index (χ1n) is 8.30. The van der Waals surface area contributed by atoms with Crippen LogP contribution in [0.25, 0.3) is 5.57 Å². The molecule has 0 spiro atoms. The Kier molecular flexibility index (Phi) is 4.71. The molecule has 3 heterocycles. The number of rotatable bonds is 3. The van der Waals surface area contributed by atoms with Crippen molar-refractivity contribution in [1.82, 2.24) is 5.32 Å². The summed E-state index contributed by atoms with van der Waals surface area (Å²) in [5.74, 6) is 0.213. The molecule has 23 heavy (non-hydrogen) atoms. The topological polar surface area (TPSA) is 30.5 Å². The smallest absolute Gasteiger partial charge is 0.398 e. The van der Waals surface area contributed by atoms with Crippen LogP contribution < -0.4 is 5.32 Å². The minimum atomic E-state index is -0.912. The van der Waals surface area contributed by atoms with Crippen molar-refractivity contribution in [2.45, 2.75) is 51.7 Å². The molecular formula is C17H25BFNO2S. The molecule has 0 aromatic carbocycles. The molecular weight excluding hydrogens is 312 g/mol. The van der Waals surface area contributed by atoms with Crippen LogP contribution in [0.5, 0.6) is 0 Å². The minimum absolute atomic E-state index is 0.213. The molecule has 126 valence electrons. The van der Waals surface area contributed by atoms with Crippen LogP contribution in [0.15, 0.2) is 22.6 Å². The molecule has 1 N–H and O–H groups in total. The maximum atomic E-state index is 15.4. The number of nitrogens with one attached hydrogen (secondary N) is 1. The Balaban J connectivity index is 1.96. The summed E-state index contributed by atoms with van der Waals surface area (Å²) in [5, 5.41) is 7.35. The highest BCUT2D eigenvalue weighted by Crippen LogP contribution is 2.42. The van der Waals surface area contributed by atoms with Gasteiger partial charge in [-0.15, -0.1) is 0 Å². The van der Waals surface area contributed by atoms with Gasteiger partial charge in [0.2, 0.25) is 0 Å². The van der Waals surface area contributed by atoms with Gasteiger partial charge in [-0.05, 0) is 87.5 Å². The van der Waals surface area contributed by atoms with Gasteiger partial charge in [0, 0.05) is 0 Å². The zero-order valence-corrected chi connectivity index (χ0v) is 15.1. The van der Waals surface area contributed by atoms with Crippen LogP contribution in [0, 0.1) is 5.92 Å². The fraction of sp³-hybridized carbons (Fsp3) is 0.647. The summed E-state index contributed by atoms with van der Waals surface area (Å²) in [6.07, 6.45) is 1.89. The standard InChI is InChI=1S/C17H25BFNO2S/c1-16(2)17(3,4)22-18(21-16)15(19)14(13-7-10-23-11-13)12-5-8-20-9-6-12/h7,10-12,20H,5-6,8-9H2,1-4H3. The number of allylic oxidation sites excluding steroid dienone is 1. The molecule has 0 atom stereocenters. The van der Waals surface area contributed by atoms with Crippen molar-refractivity contribution in [3.63, 3.8) is 0 Å². The first kappa shape index (κ1) is 17.1. The second-order valence-corrected chi connectivity index (χ2v) is 8.17. The summed E-state index contributed by atoms with van der Waals surface area (Å²) in [6, 6.07) is 1.99. The van der Waals surface area contributed by atoms with Crippen molar-refractivity contribution in [3.8, 4) is 0 Å². The fourth-order valence-corrected chi connectivity index (χ4v) is 3.83. The number of halogens is 1. The average molecular weight is 337 g/mol. The lowest BCUT2D eigenvalue weighted by molar-refractivity contribution is 0.00578. The Morgan fingerprint density at radius 2 is 1.83 bits per heavy atom. The quantitative estimate of drug-likeness (QED) is 0.844. The summed E-state index contributed by atoms with van der Waals surface area (Å²) < 4.78 is 27.3. The molecule has 0 unspecified atom stereocenters. The van der Waals surface area contributed by atoms with Crippen molar-refractivity contribution < 1.29 is 13.7 Å². The van der Waals surface area contributed by atoms with Crippen molar-refractivity contribution in [2.75, 3.05) is 13.1 Å². The van der Waals surface area contributed by atoms with Gasteiger partial charge in [-0.25, -0.2) is 4.39 Å². The average Bonchev–Trinajstić information content (AvgIpc) is 3.07. The third-order valence-corrected chi connectivity index (χ3v) is 5.98. The maximum Gasteiger partial charge on any atom is 0.525 e. The van der Waals surface area contributed by atoms with Gasteiger partial charge in [-0.1, -0.05) is 0 Å². The zero-order chi connectivity index (χ0) is 16.7. The first-order valence-corrected chi connectivity index (χ1v) is 9.24. The van der Waals surface area contributed by atoms with Gasteiger partial charge in [0.05, 0.1) is 11.2 Å². The van der Waals surface area contributed by atoms with Crippen LogP contribution in [0.4, 0.5) is 4.39 Å². The fourth-order valence-electron chi connectivity index (χ4n) is 3.17. The highest BCUT2D eigenvalue weighted by molar-refractivity contribution is 7.08. The third kappa shape index (κ3) is 3.27. The van der Waals surface area contributed by atoms with E-state index in [9.17, 15) is 0 Å². The van der Waals surface area contributed by atoms with E-state index in [-0.39, 0.29) is 11.6 Å². The third-order valence-electron chi connectivity index (χ3n) is 5.30. The van der Waals surface area contributed by atoms with Gasteiger partial charge in [-0.3, -0.25) is 0 Å². The van der Waals surface area contributed by atoms with E-state index in [1.54, 1.807) is 11.3 Å². The second-order valence-electron chi connectivity index (χ2n) is 7.39. The van der Waals surface area contributed by atoms with Crippen LogP contribution in [0.1, 0.15) is 46.1 Å². The Hall–Kier alpha value is -0.685. The molecule has 0 saturated carbocycles. The molecule has 2 fully saturated rings. The molecule has 2 aliphatic heterocycles. The molecule has 0 bridgehead atoms. The monoisotopic (exact) mass is 337 g/mol. The summed E-state index contributed by atoms with van der Waals surface area (Å²) in [4.78, 5) is 0. The highest BCUT2D eigenvalue weighted by Gasteiger charge is 2.53. The minimum Gasteiger partial charge on any atom is -0.398 e. The van der Waals surface area contributed by atoms with Crippen molar-refractivity contribution in [2.24, 2.45) is 5.92 Å². The molecule has 3 nitrogen and oxygen atoms in total. The van der Waals surface area contributed by atoms with E-state index in [1.165, 1.54) is 0 Å². The molecule has 3 rings (SSSR count). The predicted molar refractivity (Wildman–Crippen MR) is 94.0 cm³/mol. The summed E-state index contributed by atoms with van der Waals surface area (Å²) in [6.45, 7) is 9.66. The van der Waals surface area contributed by atoms with E-state index in [2.05, 4.69) is 5.32 Å². The number of hydrogen-bond donors (Lipinski definition) is 1. The van der Waals surface area contributed by atoms with Gasteiger partial charge < -0.3 is 14.6 Å². The molecule has 1 aromatic heterocycles. The van der Waals surface area contributed by atoms with Gasteiger partial charge in [0.15, 0.2) is 0 Å². The zero-order valence-electron chi connectivity index (χ0n) is 14.3. The largest absolute Gasteiger partial charge is 0.525 e. The van der Waals surface area contributed by atoms with Crippen LogP contribution >= 0.6 is 11.3 Å². The van der Waals surface area contributed by atoms with E-state index in [1.807, 2.05) is 44.5 Å². The number of piperidine rings is 1. The van der Waals surface area contributed by atoms with E-state index >= 15 is 4.39 Å². The Labute approximate surface area is 142 Å². The molecule has 0 aliphatic carbocycles. The highest BCUT2D eigenvalue weighted by atomic mass is 32.1. The summed E-state index contributed by atoms with van der Waals surface area (Å²) >= 11 is 1.59. The van der Waals surface area contributed by atoms with E-state index in [4.69, 9.17) is 9.31 Å². The van der Waals surface area contributed by atoms with Gasteiger partial charge in [-0.2, -0.15) is 11.3 Å². The van der Waals surface area contributed by atoms with Crippen molar-refractivity contribution in [3.05, 3.63) is 28.1 Å². The van der Waals surface area contributed by atoms with Gasteiger partial charge >= 0.3 is 7.12 Å². The van der Waals surface area contributed by atoms with Crippen LogP contribution in [0.3, 0.4) is 0 Å². The number of hydrogen-bond acceptors (Lipinski definition) is 4. The molecule has 0 amide bonds. The lowest BCUT2D eigenvalue weighted by atomic mass is 9.76. The molecule has 0 radical (unpaired) electrons. The van der Waals surface area contributed by atoms with Crippen molar-refractivity contribution >= 4 is 24.0 Å². The SMILES string of the molecule is CC1(C)OB(C(F)=C(c2ccsc2)C2CCNCC2)OC1(C)C. The lowest BCUT2D eigenvalue weighted by Gasteiger charge is -2.32. The van der Waals surface area contributed by atoms with E-state index < -0.39 is 18.3 Å². The van der Waals surface area contributed by atoms with E-state index in [0.29, 0.717) is 0 Å². The van der Waals surface area contributed by atoms with Gasteiger partial charge in [0.25, 0.3) is 0 Å². The van der Waals surface area contributed by atoms with Crippen LogP contribution in [0.2, 0.25) is 0 Å². The molecule has 2 saturated heterocycles. The van der Waals surface area contributed by atoms with Crippen LogP contribution in [-0.4, -0.2) is 31.4 Å². The normalized spacial score (nSPS) is 25.5. The first-order chi connectivity index (χ1) is 10.8. The Morgan fingerprint density at radius 1 is 1.22 bits per heavy atom. The second kappa shape index (κ2) is 6.32. The molecule has 2 aliphatic rings. The van der Waals surface area contributed by atoms with Crippen molar-refractivity contribution in [1.29, 1.82) is 0 Å². The lowest BCUT2D eigenvalue weighted by Crippen LogP contribution is -2.41. The van der Waals surface area contributed by atoms with Crippen LogP contribution in [-0.2, 0) is 9.31 Å². The van der Waals surface area contributed by atoms with Gasteiger partial charge in [0.1, 0.15) is 5.73 Å². The molecule has 1 aromatic rings. The Bertz CT molecular complexity index is 563. The predicted octanol–water partition coefficient (Wildman–Crippen LogP) is 4.06. The number of thiophene rings is 1.